The Kier molecular flexibility index (Phi) is 1.67. The van der Waals surface area contributed by atoms with Crippen LogP contribution in [0, 0.1) is 0 Å². The van der Waals surface area contributed by atoms with E-state index in [1.54, 1.807) is 0 Å². The highest BCUT2D eigenvalue weighted by Crippen LogP contribution is 2.56. The van der Waals surface area contributed by atoms with Gasteiger partial charge in [0.25, 0.3) is 5.92 Å². The summed E-state index contributed by atoms with van der Waals surface area (Å²) >= 11 is 6.21. The van der Waals surface area contributed by atoms with E-state index in [-0.39, 0.29) is 0 Å². The molecule has 5 heteroatoms. The number of hydrogen-bond donors (Lipinski definition) is 0. The maximum Gasteiger partial charge on any atom is 0.293 e. The van der Waals surface area contributed by atoms with Gasteiger partial charge in [0.15, 0.2) is 0 Å². The summed E-state index contributed by atoms with van der Waals surface area (Å²) in [4.78, 5) is 0. The summed E-state index contributed by atoms with van der Waals surface area (Å²) in [6.45, 7) is 0. The molecule has 9 heavy (non-hydrogen) atoms. The Bertz CT molecular complexity index is 136. The van der Waals surface area contributed by atoms with Gasteiger partial charge in [-0.2, -0.15) is 0 Å². The Labute approximate surface area is 68.9 Å². The van der Waals surface area contributed by atoms with E-state index >= 15 is 0 Å². The molecule has 0 heterocycles. The molecule has 2 atom stereocenters. The average Bonchev–Trinajstić information content (AvgIpc) is 1.65. The minimum atomic E-state index is -3.22. The van der Waals surface area contributed by atoms with Crippen LogP contribution < -0.4 is 0 Å². The molecule has 0 radical (unpaired) electrons. The van der Waals surface area contributed by atoms with E-state index in [0.717, 1.165) is 22.6 Å². The van der Waals surface area contributed by atoms with Crippen LogP contribution >= 0.6 is 34.2 Å². The quantitative estimate of drug-likeness (QED) is 0.469. The molecule has 0 aromatic rings. The molecule has 1 aliphatic rings. The predicted octanol–water partition coefficient (Wildman–Crippen LogP) is 2.73. The van der Waals surface area contributed by atoms with Crippen LogP contribution in [0.1, 0.15) is 6.42 Å². The molecule has 0 saturated heterocycles. The van der Waals surface area contributed by atoms with Gasteiger partial charge in [-0.15, -0.1) is 11.6 Å². The van der Waals surface area contributed by atoms with Crippen molar-refractivity contribution in [3.05, 3.63) is 0 Å². The van der Waals surface area contributed by atoms with Crippen molar-refractivity contribution in [2.45, 2.75) is 21.4 Å². The van der Waals surface area contributed by atoms with Crippen LogP contribution in [0.5, 0.6) is 0 Å². The first-order valence-corrected chi connectivity index (χ1v) is 3.79. The molecule has 54 valence electrons. The molecule has 0 spiro atoms. The van der Waals surface area contributed by atoms with E-state index < -0.39 is 21.4 Å². The van der Waals surface area contributed by atoms with E-state index in [2.05, 4.69) is 0 Å². The van der Waals surface area contributed by atoms with Gasteiger partial charge >= 0.3 is 0 Å². The number of alkyl halides is 5. The first kappa shape index (κ1) is 7.91. The molecular weight excluding hydrogens is 267 g/mol. The molecule has 0 nitrogen and oxygen atoms in total. The summed E-state index contributed by atoms with van der Waals surface area (Å²) < 4.78 is 34.2. The smallest absolute Gasteiger partial charge is 0.224 e. The minimum absolute atomic E-state index is 0.548. The van der Waals surface area contributed by atoms with Crippen LogP contribution in [0.3, 0.4) is 0 Å². The van der Waals surface area contributed by atoms with Gasteiger partial charge in [-0.05, 0) is 22.6 Å². The summed E-state index contributed by atoms with van der Waals surface area (Å²) in [7, 11) is 0. The lowest BCUT2D eigenvalue weighted by molar-refractivity contribution is -0.148. The van der Waals surface area contributed by atoms with Crippen molar-refractivity contribution in [3.8, 4) is 0 Å². The normalized spacial score (nSPS) is 48.3. The first-order valence-electron chi connectivity index (χ1n) is 2.27. The monoisotopic (exact) mass is 270 g/mol. The van der Waals surface area contributed by atoms with Crippen LogP contribution in [0.4, 0.5) is 13.2 Å². The fourth-order valence-corrected chi connectivity index (χ4v) is 1.38. The summed E-state index contributed by atoms with van der Waals surface area (Å²) in [5.74, 6) is -3.22. The molecule has 0 bridgehead atoms. The van der Waals surface area contributed by atoms with E-state index in [4.69, 9.17) is 11.6 Å². The van der Waals surface area contributed by atoms with Crippen molar-refractivity contribution in [2.75, 3.05) is 0 Å². The third-order valence-electron chi connectivity index (χ3n) is 1.32. The Morgan fingerprint density at radius 3 is 1.89 bits per heavy atom. The van der Waals surface area contributed by atoms with Gasteiger partial charge in [-0.3, -0.25) is 0 Å². The predicted molar refractivity (Wildman–Crippen MR) is 37.1 cm³/mol. The third kappa shape index (κ3) is 0.943. The van der Waals surface area contributed by atoms with Crippen LogP contribution in [-0.4, -0.2) is 15.0 Å². The van der Waals surface area contributed by atoms with Gasteiger partial charge in [0.1, 0.15) is 0 Å². The van der Waals surface area contributed by atoms with Crippen LogP contribution in [0.25, 0.3) is 0 Å². The number of hydrogen-bond acceptors (Lipinski definition) is 0. The average molecular weight is 270 g/mol. The first-order chi connectivity index (χ1) is 3.88. The zero-order chi connectivity index (χ0) is 7.28. The molecule has 0 unspecified atom stereocenters. The molecule has 1 fully saturated rings. The highest BCUT2D eigenvalue weighted by Gasteiger charge is 2.68. The standard InChI is InChI=1S/C4H3ClF3I/c5-2-1-3(6,7)4(2,8)9/h2H,1H2/t2-,4-/m0/s1. The maximum atomic E-state index is 12.5. The second-order valence-corrected chi connectivity index (χ2v) is 4.10. The van der Waals surface area contributed by atoms with Crippen molar-refractivity contribution in [1.82, 2.24) is 0 Å². The van der Waals surface area contributed by atoms with Crippen LogP contribution in [0.15, 0.2) is 0 Å². The molecule has 0 N–H and O–H groups in total. The minimum Gasteiger partial charge on any atom is -0.224 e. The van der Waals surface area contributed by atoms with Gasteiger partial charge in [0, 0.05) is 6.42 Å². The fourth-order valence-electron chi connectivity index (χ4n) is 0.587. The zero-order valence-corrected chi connectivity index (χ0v) is 7.09. The molecule has 1 saturated carbocycles. The zero-order valence-electron chi connectivity index (χ0n) is 4.17. The second kappa shape index (κ2) is 1.90. The Morgan fingerprint density at radius 2 is 1.89 bits per heavy atom. The number of halogens is 5. The maximum absolute atomic E-state index is 12.5. The van der Waals surface area contributed by atoms with E-state index in [1.165, 1.54) is 0 Å². The van der Waals surface area contributed by atoms with Gasteiger partial charge in [-0.25, -0.2) is 13.2 Å². The van der Waals surface area contributed by atoms with Gasteiger partial charge in [0.05, 0.1) is 5.38 Å². The molecule has 1 aliphatic carbocycles. The topological polar surface area (TPSA) is 0 Å². The summed E-state index contributed by atoms with van der Waals surface area (Å²) in [5.41, 5.74) is 0. The molecule has 0 amide bonds. The van der Waals surface area contributed by atoms with Crippen molar-refractivity contribution < 1.29 is 13.2 Å². The molecule has 1 rings (SSSR count). The van der Waals surface area contributed by atoms with E-state index in [0.29, 0.717) is 0 Å². The third-order valence-corrected chi connectivity index (χ3v) is 3.68. The van der Waals surface area contributed by atoms with Gasteiger partial charge in [-0.1, -0.05) is 0 Å². The SMILES string of the molecule is FC1(F)C[C@H](Cl)[C@]1(F)I. The molecule has 0 aliphatic heterocycles. The lowest BCUT2D eigenvalue weighted by Crippen LogP contribution is -2.58. The van der Waals surface area contributed by atoms with Crippen LogP contribution in [0.2, 0.25) is 0 Å². The Balaban J connectivity index is 2.70. The fraction of sp³-hybridized carbons (Fsp3) is 1.00. The lowest BCUT2D eigenvalue weighted by Gasteiger charge is -2.42. The Hall–Kier alpha value is 0.810. The summed E-state index contributed by atoms with van der Waals surface area (Å²) in [5, 5.41) is -1.03. The summed E-state index contributed by atoms with van der Waals surface area (Å²) in [6.07, 6.45) is -0.548. The molecule has 0 aromatic carbocycles. The van der Waals surface area contributed by atoms with Crippen molar-refractivity contribution >= 4 is 34.2 Å². The highest BCUT2D eigenvalue weighted by atomic mass is 127. The van der Waals surface area contributed by atoms with Crippen molar-refractivity contribution in [2.24, 2.45) is 0 Å². The number of rotatable bonds is 0. The van der Waals surface area contributed by atoms with E-state index in [9.17, 15) is 13.2 Å². The second-order valence-electron chi connectivity index (χ2n) is 2.00. The molecule has 0 aromatic heterocycles. The van der Waals surface area contributed by atoms with E-state index in [1.807, 2.05) is 0 Å². The Morgan fingerprint density at radius 1 is 1.44 bits per heavy atom. The summed E-state index contributed by atoms with van der Waals surface area (Å²) in [6, 6.07) is 0. The van der Waals surface area contributed by atoms with Gasteiger partial charge in [0.2, 0.25) is 3.68 Å². The van der Waals surface area contributed by atoms with Gasteiger partial charge < -0.3 is 0 Å². The highest BCUT2D eigenvalue weighted by molar-refractivity contribution is 14.1. The van der Waals surface area contributed by atoms with Crippen LogP contribution in [-0.2, 0) is 0 Å². The van der Waals surface area contributed by atoms with Crippen molar-refractivity contribution in [1.29, 1.82) is 0 Å². The van der Waals surface area contributed by atoms with Crippen molar-refractivity contribution in [3.63, 3.8) is 0 Å². The lowest BCUT2D eigenvalue weighted by atomic mass is 9.91. The largest absolute Gasteiger partial charge is 0.293 e. The molecular formula is C4H3ClF3I.